The first-order valence-corrected chi connectivity index (χ1v) is 9.75. The van der Waals surface area contributed by atoms with Gasteiger partial charge in [-0.1, -0.05) is 35.0 Å². The number of halogens is 1. The summed E-state index contributed by atoms with van der Waals surface area (Å²) in [6.45, 7) is 7.43. The van der Waals surface area contributed by atoms with Crippen LogP contribution in [0.25, 0.3) is 17.1 Å². The van der Waals surface area contributed by atoms with Gasteiger partial charge < -0.3 is 9.84 Å². The molecule has 1 amide bonds. The number of hydrogen-bond acceptors (Lipinski definition) is 5. The summed E-state index contributed by atoms with van der Waals surface area (Å²) in [5.41, 5.74) is 5.31. The fraction of sp³-hybridized carbons (Fsp3) is 0.182. The van der Waals surface area contributed by atoms with E-state index in [9.17, 15) is 4.79 Å². The van der Waals surface area contributed by atoms with Crippen molar-refractivity contribution in [1.82, 2.24) is 19.9 Å². The first-order chi connectivity index (χ1) is 14.3. The van der Waals surface area contributed by atoms with Gasteiger partial charge in [0.15, 0.2) is 0 Å². The lowest BCUT2D eigenvalue weighted by molar-refractivity contribution is 0.102. The number of nitrogens with one attached hydrogen (secondary N) is 1. The van der Waals surface area contributed by atoms with Gasteiger partial charge in [0.1, 0.15) is 0 Å². The molecule has 152 valence electrons. The minimum Gasteiger partial charge on any atom is -0.339 e. The quantitative estimate of drug-likeness (QED) is 0.497. The highest BCUT2D eigenvalue weighted by atomic mass is 35.5. The first kappa shape index (κ1) is 19.8. The van der Waals surface area contributed by atoms with Crippen LogP contribution in [0, 0.1) is 27.7 Å². The molecule has 0 aliphatic carbocycles. The molecule has 4 rings (SSSR count). The Hall–Kier alpha value is -3.45. The SMILES string of the molecule is Cc1nc(-c2ccc(C)c(-n3cc(C(=O)Nc4ccc(C)c(Cl)c4)c(C)n3)c2)no1. The molecule has 0 radical (unpaired) electrons. The average molecular weight is 422 g/mol. The van der Waals surface area contributed by atoms with Crippen LogP contribution in [-0.2, 0) is 0 Å². The van der Waals surface area contributed by atoms with Crippen LogP contribution in [0.4, 0.5) is 5.69 Å². The molecule has 7 nitrogen and oxygen atoms in total. The molecule has 0 saturated heterocycles. The number of nitrogens with zero attached hydrogens (tertiary/aromatic N) is 4. The molecule has 0 unspecified atom stereocenters. The average Bonchev–Trinajstić information content (AvgIpc) is 3.31. The molecule has 0 bridgehead atoms. The summed E-state index contributed by atoms with van der Waals surface area (Å²) in [6.07, 6.45) is 1.72. The Labute approximate surface area is 178 Å². The number of hydrogen-bond donors (Lipinski definition) is 1. The third kappa shape index (κ3) is 3.84. The smallest absolute Gasteiger partial charge is 0.259 e. The number of aryl methyl sites for hydroxylation is 4. The van der Waals surface area contributed by atoms with Gasteiger partial charge in [-0.05, 0) is 50.1 Å². The number of benzene rings is 2. The van der Waals surface area contributed by atoms with Gasteiger partial charge in [0, 0.05) is 29.4 Å². The highest BCUT2D eigenvalue weighted by Crippen LogP contribution is 2.24. The number of carbonyl (C=O) groups excluding carboxylic acids is 1. The van der Waals surface area contributed by atoms with Crippen LogP contribution in [0.3, 0.4) is 0 Å². The molecule has 0 saturated carbocycles. The molecule has 0 spiro atoms. The topological polar surface area (TPSA) is 85.8 Å². The van der Waals surface area contributed by atoms with Gasteiger partial charge in [0.25, 0.3) is 5.91 Å². The van der Waals surface area contributed by atoms with Gasteiger partial charge in [-0.3, -0.25) is 4.79 Å². The van der Waals surface area contributed by atoms with Crippen LogP contribution >= 0.6 is 11.6 Å². The van der Waals surface area contributed by atoms with E-state index in [0.717, 1.165) is 22.4 Å². The van der Waals surface area contributed by atoms with Gasteiger partial charge in [-0.2, -0.15) is 10.1 Å². The van der Waals surface area contributed by atoms with E-state index >= 15 is 0 Å². The van der Waals surface area contributed by atoms with Crippen molar-refractivity contribution < 1.29 is 9.32 Å². The predicted octanol–water partition coefficient (Wildman–Crippen LogP) is 5.06. The molecule has 0 fully saturated rings. The van der Waals surface area contributed by atoms with Gasteiger partial charge in [-0.25, -0.2) is 4.68 Å². The summed E-state index contributed by atoms with van der Waals surface area (Å²) in [5, 5.41) is 12.0. The summed E-state index contributed by atoms with van der Waals surface area (Å²) < 4.78 is 6.77. The van der Waals surface area contributed by atoms with E-state index in [0.29, 0.717) is 33.7 Å². The second kappa shape index (κ2) is 7.76. The van der Waals surface area contributed by atoms with E-state index in [1.807, 2.05) is 44.2 Å². The number of carbonyl (C=O) groups is 1. The molecule has 0 aliphatic rings. The van der Waals surface area contributed by atoms with Crippen molar-refractivity contribution in [3.63, 3.8) is 0 Å². The zero-order valence-electron chi connectivity index (χ0n) is 17.0. The minimum atomic E-state index is -0.249. The fourth-order valence-corrected chi connectivity index (χ4v) is 3.27. The Morgan fingerprint density at radius 3 is 2.53 bits per heavy atom. The summed E-state index contributed by atoms with van der Waals surface area (Å²) >= 11 is 6.16. The Kier molecular flexibility index (Phi) is 5.13. The van der Waals surface area contributed by atoms with Crippen molar-refractivity contribution in [2.45, 2.75) is 27.7 Å². The number of amides is 1. The van der Waals surface area contributed by atoms with Crippen LogP contribution in [0.5, 0.6) is 0 Å². The third-order valence-corrected chi connectivity index (χ3v) is 5.22. The second-order valence-corrected chi connectivity index (χ2v) is 7.54. The highest BCUT2D eigenvalue weighted by molar-refractivity contribution is 6.31. The normalized spacial score (nSPS) is 11.0. The van der Waals surface area contributed by atoms with Gasteiger partial charge in [-0.15, -0.1) is 0 Å². The lowest BCUT2D eigenvalue weighted by Gasteiger charge is -2.07. The maximum atomic E-state index is 12.8. The molecule has 2 aromatic carbocycles. The highest BCUT2D eigenvalue weighted by Gasteiger charge is 2.17. The van der Waals surface area contributed by atoms with Crippen LogP contribution in [0.1, 0.15) is 33.1 Å². The molecule has 2 heterocycles. The summed E-state index contributed by atoms with van der Waals surface area (Å²) in [6, 6.07) is 11.2. The predicted molar refractivity (Wildman–Crippen MR) is 115 cm³/mol. The second-order valence-electron chi connectivity index (χ2n) is 7.13. The van der Waals surface area contributed by atoms with Crippen molar-refractivity contribution in [3.05, 3.63) is 75.9 Å². The number of anilines is 1. The maximum absolute atomic E-state index is 12.8. The number of aromatic nitrogens is 4. The lowest BCUT2D eigenvalue weighted by atomic mass is 10.1. The molecular weight excluding hydrogens is 402 g/mol. The van der Waals surface area contributed by atoms with E-state index in [1.54, 1.807) is 30.8 Å². The molecule has 0 atom stereocenters. The standard InChI is InChI=1S/C22H20ClN5O2/c1-12-6-8-17(10-19(12)23)25-22(29)18-11-28(26-14(18)3)20-9-16(7-5-13(20)2)21-24-15(4)30-27-21/h5-11H,1-4H3,(H,25,29). The molecule has 1 N–H and O–H groups in total. The van der Waals surface area contributed by atoms with Gasteiger partial charge in [0.2, 0.25) is 11.7 Å². The maximum Gasteiger partial charge on any atom is 0.259 e. The Morgan fingerprint density at radius 2 is 1.83 bits per heavy atom. The van der Waals surface area contributed by atoms with Crippen LogP contribution in [0.2, 0.25) is 5.02 Å². The van der Waals surface area contributed by atoms with E-state index in [1.165, 1.54) is 0 Å². The first-order valence-electron chi connectivity index (χ1n) is 9.37. The van der Waals surface area contributed by atoms with Crippen molar-refractivity contribution in [3.8, 4) is 17.1 Å². The van der Waals surface area contributed by atoms with Crippen molar-refractivity contribution >= 4 is 23.2 Å². The Bertz CT molecular complexity index is 1260. The Morgan fingerprint density at radius 1 is 1.07 bits per heavy atom. The number of rotatable bonds is 4. The van der Waals surface area contributed by atoms with E-state index < -0.39 is 0 Å². The molecular formula is C22H20ClN5O2. The third-order valence-electron chi connectivity index (χ3n) is 4.81. The van der Waals surface area contributed by atoms with Crippen LogP contribution in [0.15, 0.2) is 47.1 Å². The van der Waals surface area contributed by atoms with Crippen LogP contribution in [-0.4, -0.2) is 25.8 Å². The molecule has 0 aliphatic heterocycles. The van der Waals surface area contributed by atoms with Crippen molar-refractivity contribution in [2.24, 2.45) is 0 Å². The zero-order valence-corrected chi connectivity index (χ0v) is 17.8. The van der Waals surface area contributed by atoms with Gasteiger partial charge >= 0.3 is 0 Å². The molecule has 4 aromatic rings. The van der Waals surface area contributed by atoms with Crippen molar-refractivity contribution in [2.75, 3.05) is 5.32 Å². The minimum absolute atomic E-state index is 0.249. The van der Waals surface area contributed by atoms with Gasteiger partial charge in [0.05, 0.1) is 16.9 Å². The van der Waals surface area contributed by atoms with E-state index in [2.05, 4.69) is 20.6 Å². The lowest BCUT2D eigenvalue weighted by Crippen LogP contribution is -2.12. The van der Waals surface area contributed by atoms with E-state index in [4.69, 9.17) is 16.1 Å². The van der Waals surface area contributed by atoms with E-state index in [-0.39, 0.29) is 5.91 Å². The largest absolute Gasteiger partial charge is 0.339 e. The summed E-state index contributed by atoms with van der Waals surface area (Å²) in [4.78, 5) is 17.1. The Balaban J connectivity index is 1.65. The molecule has 8 heteroatoms. The zero-order chi connectivity index (χ0) is 21.4. The molecule has 2 aromatic heterocycles. The summed E-state index contributed by atoms with van der Waals surface area (Å²) in [5.74, 6) is 0.755. The monoisotopic (exact) mass is 421 g/mol. The van der Waals surface area contributed by atoms with Crippen molar-refractivity contribution in [1.29, 1.82) is 0 Å². The van der Waals surface area contributed by atoms with Crippen LogP contribution < -0.4 is 5.32 Å². The summed E-state index contributed by atoms with van der Waals surface area (Å²) in [7, 11) is 0. The molecule has 30 heavy (non-hydrogen) atoms. The fourth-order valence-electron chi connectivity index (χ4n) is 3.09.